The Morgan fingerprint density at radius 1 is 1.71 bits per heavy atom. The molecule has 0 aliphatic carbocycles. The van der Waals surface area contributed by atoms with Crippen molar-refractivity contribution in [3.05, 3.63) is 12.7 Å². The predicted octanol–water partition coefficient (Wildman–Crippen LogP) is 1.31. The van der Waals surface area contributed by atoms with E-state index in [0.717, 1.165) is 12.8 Å². The second-order valence-electron chi connectivity index (χ2n) is 3.24. The van der Waals surface area contributed by atoms with Crippen molar-refractivity contribution in [1.29, 1.82) is 0 Å². The van der Waals surface area contributed by atoms with Gasteiger partial charge in [0.05, 0.1) is 0 Å². The average molecular weight is 201 g/mol. The molecule has 1 atom stereocenters. The molecule has 2 N–H and O–H groups in total. The van der Waals surface area contributed by atoms with Crippen LogP contribution in [0.15, 0.2) is 12.7 Å². The lowest BCUT2D eigenvalue weighted by Gasteiger charge is -2.08. The Morgan fingerprint density at radius 3 is 3.00 bits per heavy atom. The zero-order chi connectivity index (χ0) is 10.8. The summed E-state index contributed by atoms with van der Waals surface area (Å²) in [6.45, 7) is 6.41. The first-order valence-corrected chi connectivity index (χ1v) is 4.83. The van der Waals surface area contributed by atoms with Gasteiger partial charge in [-0.2, -0.15) is 0 Å². The van der Waals surface area contributed by atoms with Gasteiger partial charge in [0, 0.05) is 13.2 Å². The fourth-order valence-corrected chi connectivity index (χ4v) is 0.918. The van der Waals surface area contributed by atoms with E-state index >= 15 is 0 Å². The normalized spacial score (nSPS) is 11.9. The molecule has 0 aromatic carbocycles. The molecule has 0 saturated heterocycles. The summed E-state index contributed by atoms with van der Waals surface area (Å²) in [7, 11) is 0. The minimum Gasteiger partial charge on any atom is -0.445 e. The maximum absolute atomic E-state index is 10.9. The van der Waals surface area contributed by atoms with Gasteiger partial charge in [-0.3, -0.25) is 0 Å². The molecule has 0 spiro atoms. The fourth-order valence-electron chi connectivity index (χ4n) is 0.918. The van der Waals surface area contributed by atoms with Gasteiger partial charge >= 0.3 is 6.09 Å². The summed E-state index contributed by atoms with van der Waals surface area (Å²) in [5.74, 6) is 0.293. The van der Waals surface area contributed by atoms with Gasteiger partial charge in [0.15, 0.2) is 0 Å². The van der Waals surface area contributed by atoms with Gasteiger partial charge in [0.2, 0.25) is 0 Å². The molecule has 4 nitrogen and oxygen atoms in total. The van der Waals surface area contributed by atoms with Crippen LogP contribution in [-0.4, -0.2) is 31.0 Å². The van der Waals surface area contributed by atoms with Crippen molar-refractivity contribution in [3.63, 3.8) is 0 Å². The van der Waals surface area contributed by atoms with Crippen molar-refractivity contribution < 1.29 is 14.6 Å². The van der Waals surface area contributed by atoms with Crippen LogP contribution in [0.1, 0.15) is 19.8 Å². The van der Waals surface area contributed by atoms with Crippen LogP contribution in [0.2, 0.25) is 0 Å². The van der Waals surface area contributed by atoms with E-state index < -0.39 is 6.09 Å². The number of ether oxygens (including phenoxy) is 1. The van der Waals surface area contributed by atoms with Crippen LogP contribution in [0.5, 0.6) is 0 Å². The molecule has 1 unspecified atom stereocenters. The van der Waals surface area contributed by atoms with E-state index in [1.54, 1.807) is 0 Å². The van der Waals surface area contributed by atoms with Crippen molar-refractivity contribution in [2.75, 3.05) is 19.8 Å². The first-order valence-electron chi connectivity index (χ1n) is 4.83. The summed E-state index contributed by atoms with van der Waals surface area (Å²) in [4.78, 5) is 10.9. The van der Waals surface area contributed by atoms with E-state index in [2.05, 4.69) is 11.9 Å². The van der Waals surface area contributed by atoms with Crippen LogP contribution in [0, 0.1) is 5.92 Å². The Balaban J connectivity index is 3.26. The molecule has 0 heterocycles. The average Bonchev–Trinajstić information content (AvgIpc) is 2.21. The smallest absolute Gasteiger partial charge is 0.407 e. The monoisotopic (exact) mass is 201 g/mol. The van der Waals surface area contributed by atoms with E-state index in [4.69, 9.17) is 9.84 Å². The minimum atomic E-state index is -0.415. The van der Waals surface area contributed by atoms with Crippen molar-refractivity contribution in [2.45, 2.75) is 19.8 Å². The van der Waals surface area contributed by atoms with E-state index in [0.29, 0.717) is 12.5 Å². The molecule has 0 bridgehead atoms. The maximum Gasteiger partial charge on any atom is 0.407 e. The molecule has 14 heavy (non-hydrogen) atoms. The van der Waals surface area contributed by atoms with Crippen LogP contribution in [0.4, 0.5) is 4.79 Å². The lowest BCUT2D eigenvalue weighted by molar-refractivity contribution is 0.157. The summed E-state index contributed by atoms with van der Waals surface area (Å²) in [6, 6.07) is 0. The third-order valence-corrected chi connectivity index (χ3v) is 1.79. The Bertz CT molecular complexity index is 171. The Morgan fingerprint density at radius 2 is 2.43 bits per heavy atom. The molecule has 1 amide bonds. The second kappa shape index (κ2) is 8.56. The number of hydrogen-bond donors (Lipinski definition) is 2. The number of amides is 1. The third kappa shape index (κ3) is 7.61. The van der Waals surface area contributed by atoms with Gasteiger partial charge in [0.1, 0.15) is 6.61 Å². The maximum atomic E-state index is 10.9. The summed E-state index contributed by atoms with van der Waals surface area (Å²) in [5.41, 5.74) is 0. The highest BCUT2D eigenvalue weighted by Gasteiger charge is 2.01. The molecule has 0 fully saturated rings. The van der Waals surface area contributed by atoms with Crippen LogP contribution in [0.25, 0.3) is 0 Å². The Hall–Kier alpha value is -1.03. The Labute approximate surface area is 85.0 Å². The molecule has 82 valence electrons. The molecule has 0 rings (SSSR count). The molecule has 0 aliphatic rings. The lowest BCUT2D eigenvalue weighted by Crippen LogP contribution is -2.25. The number of hydrogen-bond acceptors (Lipinski definition) is 3. The molecule has 0 aliphatic heterocycles. The zero-order valence-electron chi connectivity index (χ0n) is 8.66. The van der Waals surface area contributed by atoms with Gasteiger partial charge in [-0.05, 0) is 18.8 Å². The van der Waals surface area contributed by atoms with Gasteiger partial charge in [-0.25, -0.2) is 4.79 Å². The van der Waals surface area contributed by atoms with E-state index in [9.17, 15) is 4.79 Å². The van der Waals surface area contributed by atoms with Crippen LogP contribution >= 0.6 is 0 Å². The van der Waals surface area contributed by atoms with E-state index in [-0.39, 0.29) is 13.2 Å². The molecule has 0 radical (unpaired) electrons. The minimum absolute atomic E-state index is 0.195. The van der Waals surface area contributed by atoms with Crippen molar-refractivity contribution in [3.8, 4) is 0 Å². The summed E-state index contributed by atoms with van der Waals surface area (Å²) in [6.07, 6.45) is 2.86. The molecular weight excluding hydrogens is 182 g/mol. The van der Waals surface area contributed by atoms with E-state index in [1.807, 2.05) is 6.92 Å². The van der Waals surface area contributed by atoms with Crippen LogP contribution < -0.4 is 5.32 Å². The molecular formula is C10H19NO3. The van der Waals surface area contributed by atoms with Gasteiger partial charge in [-0.15, -0.1) is 0 Å². The molecule has 0 aromatic heterocycles. The van der Waals surface area contributed by atoms with E-state index in [1.165, 1.54) is 6.08 Å². The topological polar surface area (TPSA) is 58.6 Å². The van der Waals surface area contributed by atoms with Crippen LogP contribution in [-0.2, 0) is 4.74 Å². The number of alkyl carbamates (subject to hydrolysis) is 1. The SMILES string of the molecule is C=CCOC(=O)NCCCC(C)CO. The summed E-state index contributed by atoms with van der Waals surface area (Å²) in [5, 5.41) is 11.3. The standard InChI is InChI=1S/C10H19NO3/c1-3-7-14-10(13)11-6-4-5-9(2)8-12/h3,9,12H,1,4-8H2,2H3,(H,11,13). The molecule has 4 heteroatoms. The quantitative estimate of drug-likeness (QED) is 0.482. The summed E-state index contributed by atoms with van der Waals surface area (Å²) < 4.78 is 4.71. The van der Waals surface area contributed by atoms with Gasteiger partial charge in [0.25, 0.3) is 0 Å². The molecule has 0 aromatic rings. The summed E-state index contributed by atoms with van der Waals surface area (Å²) >= 11 is 0. The van der Waals surface area contributed by atoms with Crippen molar-refractivity contribution >= 4 is 6.09 Å². The third-order valence-electron chi connectivity index (χ3n) is 1.79. The number of aliphatic hydroxyl groups is 1. The van der Waals surface area contributed by atoms with Crippen LogP contribution in [0.3, 0.4) is 0 Å². The number of carbonyl (C=O) groups excluding carboxylic acids is 1. The lowest BCUT2D eigenvalue weighted by atomic mass is 10.1. The number of aliphatic hydroxyl groups excluding tert-OH is 1. The molecule has 0 saturated carbocycles. The first-order chi connectivity index (χ1) is 6.70. The first kappa shape index (κ1) is 13.0. The number of rotatable bonds is 7. The van der Waals surface area contributed by atoms with Gasteiger partial charge < -0.3 is 15.2 Å². The largest absolute Gasteiger partial charge is 0.445 e. The van der Waals surface area contributed by atoms with Crippen molar-refractivity contribution in [2.24, 2.45) is 5.92 Å². The van der Waals surface area contributed by atoms with Gasteiger partial charge in [-0.1, -0.05) is 19.6 Å². The highest BCUT2D eigenvalue weighted by atomic mass is 16.5. The predicted molar refractivity (Wildman–Crippen MR) is 55.0 cm³/mol. The highest BCUT2D eigenvalue weighted by Crippen LogP contribution is 2.02. The fraction of sp³-hybridized carbons (Fsp3) is 0.700. The second-order valence-corrected chi connectivity index (χ2v) is 3.24. The number of nitrogens with one attached hydrogen (secondary N) is 1. The zero-order valence-corrected chi connectivity index (χ0v) is 8.66. The highest BCUT2D eigenvalue weighted by molar-refractivity contribution is 5.67. The number of carbonyl (C=O) groups is 1. The van der Waals surface area contributed by atoms with Crippen molar-refractivity contribution in [1.82, 2.24) is 5.32 Å². The Kier molecular flexibility index (Phi) is 7.93.